The number of hydrogen-bond acceptors (Lipinski definition) is 6. The molecule has 0 radical (unpaired) electrons. The summed E-state index contributed by atoms with van der Waals surface area (Å²) in [5.74, 6) is 0.432. The predicted molar refractivity (Wildman–Crippen MR) is 127 cm³/mol. The lowest BCUT2D eigenvalue weighted by atomic mass is 9.97. The number of anilines is 1. The minimum absolute atomic E-state index is 0.0376. The highest BCUT2D eigenvalue weighted by Crippen LogP contribution is 2.38. The van der Waals surface area contributed by atoms with Crippen molar-refractivity contribution < 1.29 is 13.9 Å². The molecule has 0 spiro atoms. The van der Waals surface area contributed by atoms with E-state index >= 15 is 0 Å². The van der Waals surface area contributed by atoms with Crippen molar-refractivity contribution in [2.45, 2.75) is 63.8 Å². The Morgan fingerprint density at radius 1 is 1.21 bits per heavy atom. The topological polar surface area (TPSA) is 82.6 Å². The second-order valence-corrected chi connectivity index (χ2v) is 9.99. The second-order valence-electron chi connectivity index (χ2n) is 9.99. The highest BCUT2D eigenvalue weighted by molar-refractivity contribution is 5.76. The van der Waals surface area contributed by atoms with Crippen LogP contribution in [0.4, 0.5) is 15.1 Å². The summed E-state index contributed by atoms with van der Waals surface area (Å²) in [6, 6.07) is 7.12. The van der Waals surface area contributed by atoms with E-state index in [0.717, 1.165) is 50.3 Å². The number of rotatable bonds is 5. The van der Waals surface area contributed by atoms with Crippen LogP contribution < -0.4 is 10.6 Å². The number of carbonyl (C=O) groups excluding carboxylic acids is 1. The third kappa shape index (κ3) is 4.72. The van der Waals surface area contributed by atoms with Crippen LogP contribution in [0, 0.1) is 5.82 Å². The third-order valence-electron chi connectivity index (χ3n) is 7.26. The monoisotopic (exact) mass is 468 g/mol. The number of fused-ring (bicyclic) bond motifs is 1. The molecule has 1 atom stereocenters. The van der Waals surface area contributed by atoms with Gasteiger partial charge in [0, 0.05) is 62.3 Å². The molecule has 0 bridgehead atoms. The second kappa shape index (κ2) is 9.46. The van der Waals surface area contributed by atoms with Crippen LogP contribution in [0.3, 0.4) is 0 Å². The van der Waals surface area contributed by atoms with E-state index in [-0.39, 0.29) is 17.9 Å². The van der Waals surface area contributed by atoms with Crippen molar-refractivity contribution >= 4 is 12.0 Å². The summed E-state index contributed by atoms with van der Waals surface area (Å²) in [4.78, 5) is 26.6. The van der Waals surface area contributed by atoms with Gasteiger partial charge in [0.05, 0.1) is 17.8 Å². The largest absolute Gasteiger partial charge is 0.381 e. The van der Waals surface area contributed by atoms with E-state index in [1.807, 2.05) is 37.1 Å². The van der Waals surface area contributed by atoms with Gasteiger partial charge in [-0.2, -0.15) is 0 Å². The van der Waals surface area contributed by atoms with E-state index in [9.17, 15) is 9.18 Å². The zero-order valence-electron chi connectivity index (χ0n) is 19.9. The molecule has 2 amide bonds. The van der Waals surface area contributed by atoms with Crippen LogP contribution in [0.2, 0.25) is 0 Å². The minimum Gasteiger partial charge on any atom is -0.381 e. The first kappa shape index (κ1) is 23.0. The Morgan fingerprint density at radius 2 is 2.00 bits per heavy atom. The van der Waals surface area contributed by atoms with Crippen LogP contribution >= 0.6 is 0 Å². The Kier molecular flexibility index (Phi) is 6.40. The van der Waals surface area contributed by atoms with Gasteiger partial charge >= 0.3 is 6.03 Å². The van der Waals surface area contributed by atoms with E-state index in [1.165, 1.54) is 6.07 Å². The Labute approximate surface area is 199 Å². The van der Waals surface area contributed by atoms with Gasteiger partial charge < -0.3 is 20.3 Å². The molecule has 5 rings (SSSR count). The number of ether oxygens (including phenoxy) is 1. The summed E-state index contributed by atoms with van der Waals surface area (Å²) >= 11 is 0. The number of nitrogens with one attached hydrogen (secondary N) is 2. The average molecular weight is 469 g/mol. The quantitative estimate of drug-likeness (QED) is 0.701. The normalized spacial score (nSPS) is 22.6. The zero-order valence-corrected chi connectivity index (χ0v) is 19.9. The first-order valence-electron chi connectivity index (χ1n) is 12.1. The van der Waals surface area contributed by atoms with Gasteiger partial charge in [0.1, 0.15) is 5.82 Å². The molecule has 3 aliphatic heterocycles. The van der Waals surface area contributed by atoms with Crippen molar-refractivity contribution in [3.05, 3.63) is 53.1 Å². The SMILES string of the molecule is CC1(C)c2cnc(NC3CCOCC3)nc2CN1C(=O)N[C@@H]1CCN(Cc2ccccc2F)C1. The number of likely N-dealkylation sites (tertiary alicyclic amines) is 1. The van der Waals surface area contributed by atoms with Gasteiger partial charge in [-0.1, -0.05) is 18.2 Å². The fraction of sp³-hybridized carbons (Fsp3) is 0.560. The van der Waals surface area contributed by atoms with Gasteiger partial charge in [-0.3, -0.25) is 4.90 Å². The maximum atomic E-state index is 14.0. The number of halogens is 1. The van der Waals surface area contributed by atoms with Gasteiger partial charge in [-0.15, -0.1) is 0 Å². The fourth-order valence-corrected chi connectivity index (χ4v) is 5.18. The number of carbonyl (C=O) groups is 1. The van der Waals surface area contributed by atoms with Crippen LogP contribution in [0.15, 0.2) is 30.5 Å². The summed E-state index contributed by atoms with van der Waals surface area (Å²) in [5, 5.41) is 6.61. The van der Waals surface area contributed by atoms with Crippen LogP contribution in [0.1, 0.15) is 49.9 Å². The summed E-state index contributed by atoms with van der Waals surface area (Å²) in [7, 11) is 0. The summed E-state index contributed by atoms with van der Waals surface area (Å²) < 4.78 is 19.4. The molecule has 1 aromatic heterocycles. The highest BCUT2D eigenvalue weighted by Gasteiger charge is 2.42. The van der Waals surface area contributed by atoms with Gasteiger partial charge in [-0.05, 0) is 39.2 Å². The lowest BCUT2D eigenvalue weighted by Crippen LogP contribution is -2.49. The first-order valence-corrected chi connectivity index (χ1v) is 12.1. The maximum absolute atomic E-state index is 14.0. The Bertz CT molecular complexity index is 1040. The number of aromatic nitrogens is 2. The molecule has 0 aliphatic carbocycles. The van der Waals surface area contributed by atoms with Gasteiger partial charge in [0.15, 0.2) is 0 Å². The van der Waals surface area contributed by atoms with E-state index in [4.69, 9.17) is 9.72 Å². The minimum atomic E-state index is -0.498. The molecule has 34 heavy (non-hydrogen) atoms. The molecule has 3 aliphatic rings. The van der Waals surface area contributed by atoms with Crippen LogP contribution in [0.25, 0.3) is 0 Å². The summed E-state index contributed by atoms with van der Waals surface area (Å²) in [5.41, 5.74) is 2.06. The molecule has 4 heterocycles. The van der Waals surface area contributed by atoms with Crippen molar-refractivity contribution in [2.75, 3.05) is 31.6 Å². The zero-order chi connectivity index (χ0) is 23.7. The molecule has 8 nitrogen and oxygen atoms in total. The number of urea groups is 1. The van der Waals surface area contributed by atoms with Crippen molar-refractivity contribution in [1.29, 1.82) is 0 Å². The van der Waals surface area contributed by atoms with Gasteiger partial charge in [-0.25, -0.2) is 19.2 Å². The molecule has 2 fully saturated rings. The first-order chi connectivity index (χ1) is 16.4. The number of hydrogen-bond donors (Lipinski definition) is 2. The number of benzene rings is 1. The molecule has 0 unspecified atom stereocenters. The average Bonchev–Trinajstić information content (AvgIpc) is 3.36. The Morgan fingerprint density at radius 3 is 2.79 bits per heavy atom. The molecular formula is C25H33FN6O2. The molecule has 1 aromatic carbocycles. The van der Waals surface area contributed by atoms with E-state index in [0.29, 0.717) is 37.2 Å². The molecule has 2 saturated heterocycles. The number of nitrogens with zero attached hydrogens (tertiary/aromatic N) is 4. The van der Waals surface area contributed by atoms with Crippen molar-refractivity contribution in [3.8, 4) is 0 Å². The van der Waals surface area contributed by atoms with Crippen molar-refractivity contribution in [3.63, 3.8) is 0 Å². The molecule has 9 heteroatoms. The smallest absolute Gasteiger partial charge is 0.318 e. The van der Waals surface area contributed by atoms with E-state index in [1.54, 1.807) is 6.07 Å². The van der Waals surface area contributed by atoms with Gasteiger partial charge in [0.2, 0.25) is 5.95 Å². The summed E-state index contributed by atoms with van der Waals surface area (Å²) in [6.45, 7) is 8.11. The van der Waals surface area contributed by atoms with Crippen molar-refractivity contribution in [1.82, 2.24) is 25.1 Å². The number of amides is 2. The molecule has 2 N–H and O–H groups in total. The Balaban J connectivity index is 1.19. The molecule has 2 aromatic rings. The van der Waals surface area contributed by atoms with E-state index in [2.05, 4.69) is 20.5 Å². The summed E-state index contributed by atoms with van der Waals surface area (Å²) in [6.07, 6.45) is 4.58. The van der Waals surface area contributed by atoms with Crippen LogP contribution in [-0.2, 0) is 23.4 Å². The van der Waals surface area contributed by atoms with Crippen LogP contribution in [-0.4, -0.2) is 64.2 Å². The predicted octanol–water partition coefficient (Wildman–Crippen LogP) is 3.24. The van der Waals surface area contributed by atoms with Crippen molar-refractivity contribution in [2.24, 2.45) is 0 Å². The maximum Gasteiger partial charge on any atom is 0.318 e. The van der Waals surface area contributed by atoms with Gasteiger partial charge in [0.25, 0.3) is 0 Å². The Hall–Kier alpha value is -2.78. The standard InChI is InChI=1S/C25H33FN6O2/c1-25(2)20-13-27-23(28-18-8-11-34-12-9-18)30-22(20)16-32(25)24(33)29-19-7-10-31(15-19)14-17-5-3-4-6-21(17)26/h3-6,13,18-19H,7-12,14-16H2,1-2H3,(H,29,33)(H,27,28,30)/t19-/m1/s1. The molecule has 0 saturated carbocycles. The molecular weight excluding hydrogens is 435 g/mol. The highest BCUT2D eigenvalue weighted by atomic mass is 19.1. The third-order valence-corrected chi connectivity index (χ3v) is 7.26. The fourth-order valence-electron chi connectivity index (χ4n) is 5.18. The molecule has 182 valence electrons. The lowest BCUT2D eigenvalue weighted by molar-refractivity contribution is 0.0903. The van der Waals surface area contributed by atoms with E-state index < -0.39 is 5.54 Å². The lowest BCUT2D eigenvalue weighted by Gasteiger charge is -2.33. The van der Waals surface area contributed by atoms with Crippen LogP contribution in [0.5, 0.6) is 0 Å².